The van der Waals surface area contributed by atoms with Crippen LogP contribution in [-0.2, 0) is 4.79 Å². The summed E-state index contributed by atoms with van der Waals surface area (Å²) in [5.74, 6) is -0.110. The number of benzene rings is 1. The summed E-state index contributed by atoms with van der Waals surface area (Å²) in [4.78, 5) is 11.3. The van der Waals surface area contributed by atoms with Crippen molar-refractivity contribution in [3.05, 3.63) is 29.8 Å². The Hall–Kier alpha value is -1.82. The lowest BCUT2D eigenvalue weighted by atomic mass is 10.2. The van der Waals surface area contributed by atoms with Crippen molar-refractivity contribution in [3.63, 3.8) is 0 Å². The standard InChI is InChI=1S/C11H12N2O/c1-9-5-2-3-6-10(9)13-11(14)7-4-8-12/h2-3,5-6H,4,7H2,1H3,(H,13,14). The Balaban J connectivity index is 2.57. The van der Waals surface area contributed by atoms with Crippen molar-refractivity contribution in [2.75, 3.05) is 5.32 Å². The number of hydrogen-bond acceptors (Lipinski definition) is 2. The van der Waals surface area contributed by atoms with Gasteiger partial charge in [-0.1, -0.05) is 18.2 Å². The Morgan fingerprint density at radius 1 is 1.50 bits per heavy atom. The van der Waals surface area contributed by atoms with E-state index in [1.165, 1.54) is 0 Å². The number of nitrogens with one attached hydrogen (secondary N) is 1. The minimum Gasteiger partial charge on any atom is -0.326 e. The molecule has 0 atom stereocenters. The highest BCUT2D eigenvalue weighted by Crippen LogP contribution is 2.13. The number of carbonyl (C=O) groups is 1. The van der Waals surface area contributed by atoms with Gasteiger partial charge in [-0.15, -0.1) is 0 Å². The van der Waals surface area contributed by atoms with E-state index in [1.807, 2.05) is 37.3 Å². The summed E-state index contributed by atoms with van der Waals surface area (Å²) in [5.41, 5.74) is 1.84. The highest BCUT2D eigenvalue weighted by Gasteiger charge is 2.02. The normalized spacial score (nSPS) is 9.14. The summed E-state index contributed by atoms with van der Waals surface area (Å²) >= 11 is 0. The van der Waals surface area contributed by atoms with Gasteiger partial charge in [0.15, 0.2) is 0 Å². The predicted octanol–water partition coefficient (Wildman–Crippen LogP) is 2.24. The van der Waals surface area contributed by atoms with Crippen molar-refractivity contribution in [2.24, 2.45) is 0 Å². The topological polar surface area (TPSA) is 52.9 Å². The molecule has 1 amide bonds. The van der Waals surface area contributed by atoms with E-state index >= 15 is 0 Å². The zero-order valence-corrected chi connectivity index (χ0v) is 8.08. The number of hydrogen-bond donors (Lipinski definition) is 1. The second-order valence-electron chi connectivity index (χ2n) is 3.02. The van der Waals surface area contributed by atoms with Crippen molar-refractivity contribution >= 4 is 11.6 Å². The van der Waals surface area contributed by atoms with Gasteiger partial charge in [-0.05, 0) is 18.6 Å². The number of anilines is 1. The van der Waals surface area contributed by atoms with E-state index in [4.69, 9.17) is 5.26 Å². The first-order valence-electron chi connectivity index (χ1n) is 4.46. The van der Waals surface area contributed by atoms with E-state index in [9.17, 15) is 4.79 Å². The third-order valence-corrected chi connectivity index (χ3v) is 1.88. The molecular weight excluding hydrogens is 176 g/mol. The molecule has 1 N–H and O–H groups in total. The van der Waals surface area contributed by atoms with Crippen LogP contribution in [0.25, 0.3) is 0 Å². The Morgan fingerprint density at radius 3 is 2.86 bits per heavy atom. The fourth-order valence-electron chi connectivity index (χ4n) is 1.10. The lowest BCUT2D eigenvalue weighted by Gasteiger charge is -2.06. The molecule has 72 valence electrons. The van der Waals surface area contributed by atoms with Crippen molar-refractivity contribution < 1.29 is 4.79 Å². The van der Waals surface area contributed by atoms with E-state index in [0.717, 1.165) is 11.3 Å². The maximum Gasteiger partial charge on any atom is 0.225 e. The van der Waals surface area contributed by atoms with Crippen molar-refractivity contribution in [1.29, 1.82) is 5.26 Å². The van der Waals surface area contributed by atoms with Crippen LogP contribution in [0.2, 0.25) is 0 Å². The van der Waals surface area contributed by atoms with Crippen molar-refractivity contribution in [2.45, 2.75) is 19.8 Å². The molecule has 0 fully saturated rings. The molecule has 0 radical (unpaired) electrons. The second kappa shape index (κ2) is 5.03. The van der Waals surface area contributed by atoms with Crippen LogP contribution in [-0.4, -0.2) is 5.91 Å². The van der Waals surface area contributed by atoms with E-state index in [2.05, 4.69) is 5.32 Å². The molecule has 0 saturated heterocycles. The van der Waals surface area contributed by atoms with Crippen LogP contribution in [0.3, 0.4) is 0 Å². The molecule has 14 heavy (non-hydrogen) atoms. The van der Waals surface area contributed by atoms with Gasteiger partial charge in [0, 0.05) is 18.5 Å². The van der Waals surface area contributed by atoms with Gasteiger partial charge >= 0.3 is 0 Å². The number of rotatable bonds is 3. The molecule has 1 aromatic rings. The van der Waals surface area contributed by atoms with E-state index in [0.29, 0.717) is 0 Å². The Morgan fingerprint density at radius 2 is 2.21 bits per heavy atom. The van der Waals surface area contributed by atoms with Gasteiger partial charge < -0.3 is 5.32 Å². The first kappa shape index (κ1) is 10.3. The van der Waals surface area contributed by atoms with E-state index < -0.39 is 0 Å². The largest absolute Gasteiger partial charge is 0.326 e. The number of nitriles is 1. The molecule has 0 saturated carbocycles. The summed E-state index contributed by atoms with van der Waals surface area (Å²) in [7, 11) is 0. The SMILES string of the molecule is Cc1ccccc1NC(=O)CCC#N. The number of carbonyl (C=O) groups excluding carboxylic acids is 1. The van der Waals surface area contributed by atoms with Crippen molar-refractivity contribution in [3.8, 4) is 6.07 Å². The second-order valence-corrected chi connectivity index (χ2v) is 3.02. The quantitative estimate of drug-likeness (QED) is 0.790. The minimum atomic E-state index is -0.110. The number of amides is 1. The molecule has 0 aromatic heterocycles. The summed E-state index contributed by atoms with van der Waals surface area (Å²) in [6.07, 6.45) is 0.516. The van der Waals surface area contributed by atoms with E-state index in [1.54, 1.807) is 0 Å². The summed E-state index contributed by atoms with van der Waals surface area (Å²) in [5, 5.41) is 11.1. The molecule has 1 rings (SSSR count). The smallest absolute Gasteiger partial charge is 0.225 e. The average molecular weight is 188 g/mol. The van der Waals surface area contributed by atoms with Crippen molar-refractivity contribution in [1.82, 2.24) is 0 Å². The summed E-state index contributed by atoms with van der Waals surface area (Å²) < 4.78 is 0. The lowest BCUT2D eigenvalue weighted by Crippen LogP contribution is -2.11. The third-order valence-electron chi connectivity index (χ3n) is 1.88. The molecule has 0 unspecified atom stereocenters. The Labute approximate surface area is 83.4 Å². The zero-order chi connectivity index (χ0) is 10.4. The predicted molar refractivity (Wildman–Crippen MR) is 54.7 cm³/mol. The van der Waals surface area contributed by atoms with Gasteiger partial charge in [0.2, 0.25) is 5.91 Å². The fraction of sp³-hybridized carbons (Fsp3) is 0.273. The molecule has 1 aromatic carbocycles. The average Bonchev–Trinajstić information content (AvgIpc) is 2.18. The number of nitrogens with zero attached hydrogens (tertiary/aromatic N) is 1. The molecule has 0 aliphatic rings. The van der Waals surface area contributed by atoms with Crippen LogP contribution in [0.1, 0.15) is 18.4 Å². The summed E-state index contributed by atoms with van der Waals surface area (Å²) in [6.45, 7) is 1.93. The van der Waals surface area contributed by atoms with Gasteiger partial charge in [0.05, 0.1) is 6.07 Å². The van der Waals surface area contributed by atoms with Crippen LogP contribution in [0, 0.1) is 18.3 Å². The first-order chi connectivity index (χ1) is 6.74. The van der Waals surface area contributed by atoms with Crippen LogP contribution in [0.5, 0.6) is 0 Å². The molecule has 0 aliphatic heterocycles. The summed E-state index contributed by atoms with van der Waals surface area (Å²) in [6, 6.07) is 9.50. The maximum absolute atomic E-state index is 11.3. The van der Waals surface area contributed by atoms with Crippen LogP contribution < -0.4 is 5.32 Å². The lowest BCUT2D eigenvalue weighted by molar-refractivity contribution is -0.116. The highest BCUT2D eigenvalue weighted by molar-refractivity contribution is 5.91. The van der Waals surface area contributed by atoms with E-state index in [-0.39, 0.29) is 18.7 Å². The number of para-hydroxylation sites is 1. The number of aryl methyl sites for hydroxylation is 1. The Bertz CT molecular complexity index is 366. The van der Waals surface area contributed by atoms with Gasteiger partial charge in [-0.25, -0.2) is 0 Å². The molecular formula is C11H12N2O. The molecule has 3 nitrogen and oxygen atoms in total. The molecule has 0 aliphatic carbocycles. The monoisotopic (exact) mass is 188 g/mol. The van der Waals surface area contributed by atoms with Crippen LogP contribution in [0.4, 0.5) is 5.69 Å². The fourth-order valence-corrected chi connectivity index (χ4v) is 1.10. The maximum atomic E-state index is 11.3. The Kier molecular flexibility index (Phi) is 3.69. The highest BCUT2D eigenvalue weighted by atomic mass is 16.1. The molecule has 0 spiro atoms. The molecule has 0 bridgehead atoms. The molecule has 0 heterocycles. The van der Waals surface area contributed by atoms with Gasteiger partial charge in [-0.3, -0.25) is 4.79 Å². The third kappa shape index (κ3) is 2.91. The first-order valence-corrected chi connectivity index (χ1v) is 4.46. The van der Waals surface area contributed by atoms with Crippen LogP contribution >= 0.6 is 0 Å². The minimum absolute atomic E-state index is 0.110. The van der Waals surface area contributed by atoms with Gasteiger partial charge in [0.25, 0.3) is 0 Å². The van der Waals surface area contributed by atoms with Crippen LogP contribution in [0.15, 0.2) is 24.3 Å². The zero-order valence-electron chi connectivity index (χ0n) is 8.08. The molecule has 3 heteroatoms. The van der Waals surface area contributed by atoms with Gasteiger partial charge in [0.1, 0.15) is 0 Å². The van der Waals surface area contributed by atoms with Gasteiger partial charge in [-0.2, -0.15) is 5.26 Å².